The summed E-state index contributed by atoms with van der Waals surface area (Å²) in [6.07, 6.45) is 3.65. The van der Waals surface area contributed by atoms with Gasteiger partial charge in [0.2, 0.25) is 0 Å². The van der Waals surface area contributed by atoms with Crippen LogP contribution in [0.4, 0.5) is 5.82 Å². The first-order chi connectivity index (χ1) is 6.65. The Labute approximate surface area is 96.2 Å². The number of nitrogens with zero attached hydrogens (tertiary/aromatic N) is 1. The highest BCUT2D eigenvalue weighted by atomic mass is 79.9. The highest BCUT2D eigenvalue weighted by molar-refractivity contribution is 9.10. The van der Waals surface area contributed by atoms with Crippen molar-refractivity contribution >= 4 is 33.3 Å². The molecule has 1 aromatic heterocycles. The SMILES string of the molecule is NC1CC(Nc2ncc(Cl)cc2Br)C1. The van der Waals surface area contributed by atoms with E-state index < -0.39 is 0 Å². The van der Waals surface area contributed by atoms with Gasteiger partial charge in [0.25, 0.3) is 0 Å². The molecule has 0 bridgehead atoms. The fourth-order valence-electron chi connectivity index (χ4n) is 1.49. The summed E-state index contributed by atoms with van der Waals surface area (Å²) in [6.45, 7) is 0. The highest BCUT2D eigenvalue weighted by Gasteiger charge is 2.26. The molecule has 3 N–H and O–H groups in total. The van der Waals surface area contributed by atoms with Gasteiger partial charge in [0, 0.05) is 18.3 Å². The number of pyridine rings is 1. The van der Waals surface area contributed by atoms with Gasteiger partial charge >= 0.3 is 0 Å². The van der Waals surface area contributed by atoms with Crippen LogP contribution in [0, 0.1) is 0 Å². The van der Waals surface area contributed by atoms with E-state index in [0.717, 1.165) is 23.1 Å². The third-order valence-corrected chi connectivity index (χ3v) is 3.13. The van der Waals surface area contributed by atoms with E-state index in [2.05, 4.69) is 26.2 Å². The maximum Gasteiger partial charge on any atom is 0.140 e. The Balaban J connectivity index is 2.02. The first kappa shape index (κ1) is 10.2. The number of halogens is 2. The lowest BCUT2D eigenvalue weighted by atomic mass is 9.88. The monoisotopic (exact) mass is 275 g/mol. The molecule has 2 rings (SSSR count). The van der Waals surface area contributed by atoms with E-state index in [1.807, 2.05) is 6.07 Å². The summed E-state index contributed by atoms with van der Waals surface area (Å²) in [5.41, 5.74) is 5.69. The third kappa shape index (κ3) is 2.19. The van der Waals surface area contributed by atoms with E-state index in [1.165, 1.54) is 0 Å². The first-order valence-electron chi connectivity index (χ1n) is 4.48. The van der Waals surface area contributed by atoms with Crippen molar-refractivity contribution in [1.29, 1.82) is 0 Å². The van der Waals surface area contributed by atoms with Crippen LogP contribution in [-0.2, 0) is 0 Å². The van der Waals surface area contributed by atoms with Crippen molar-refractivity contribution in [3.8, 4) is 0 Å². The number of hydrogen-bond donors (Lipinski definition) is 2. The number of nitrogens with two attached hydrogens (primary N) is 1. The molecule has 1 aliphatic carbocycles. The van der Waals surface area contributed by atoms with Gasteiger partial charge in [0.05, 0.1) is 9.50 Å². The predicted molar refractivity (Wildman–Crippen MR) is 61.6 cm³/mol. The van der Waals surface area contributed by atoms with Gasteiger partial charge in [0.1, 0.15) is 5.82 Å². The minimum atomic E-state index is 0.346. The molecule has 5 heteroatoms. The van der Waals surface area contributed by atoms with E-state index in [4.69, 9.17) is 17.3 Å². The van der Waals surface area contributed by atoms with Crippen molar-refractivity contribution < 1.29 is 0 Å². The lowest BCUT2D eigenvalue weighted by Crippen LogP contribution is -2.44. The highest BCUT2D eigenvalue weighted by Crippen LogP contribution is 2.27. The van der Waals surface area contributed by atoms with Gasteiger partial charge in [-0.15, -0.1) is 0 Å². The fraction of sp³-hybridized carbons (Fsp3) is 0.444. The van der Waals surface area contributed by atoms with Gasteiger partial charge < -0.3 is 11.1 Å². The van der Waals surface area contributed by atoms with Gasteiger partial charge in [-0.1, -0.05) is 11.6 Å². The lowest BCUT2D eigenvalue weighted by molar-refractivity contribution is 0.373. The van der Waals surface area contributed by atoms with E-state index in [1.54, 1.807) is 6.20 Å². The molecule has 0 aromatic carbocycles. The summed E-state index contributed by atoms with van der Waals surface area (Å²) < 4.78 is 0.894. The second-order valence-electron chi connectivity index (χ2n) is 3.56. The fourth-order valence-corrected chi connectivity index (χ4v) is 2.25. The standard InChI is InChI=1S/C9H11BrClN3/c10-8-1-5(11)4-13-9(8)14-7-2-6(12)3-7/h1,4,6-7H,2-3,12H2,(H,13,14). The van der Waals surface area contributed by atoms with Crippen molar-refractivity contribution in [3.05, 3.63) is 21.8 Å². The number of anilines is 1. The van der Waals surface area contributed by atoms with Crippen molar-refractivity contribution in [3.63, 3.8) is 0 Å². The average molecular weight is 277 g/mol. The number of aromatic nitrogens is 1. The first-order valence-corrected chi connectivity index (χ1v) is 5.65. The summed E-state index contributed by atoms with van der Waals surface area (Å²) >= 11 is 9.19. The zero-order valence-corrected chi connectivity index (χ0v) is 9.85. The molecule has 76 valence electrons. The van der Waals surface area contributed by atoms with Crippen LogP contribution in [-0.4, -0.2) is 17.1 Å². The van der Waals surface area contributed by atoms with Crippen molar-refractivity contribution in [1.82, 2.24) is 4.98 Å². The maximum atomic E-state index is 5.78. The number of nitrogens with one attached hydrogen (secondary N) is 1. The second-order valence-corrected chi connectivity index (χ2v) is 4.85. The molecule has 1 aliphatic rings. The molecule has 0 radical (unpaired) electrons. The Morgan fingerprint density at radius 2 is 2.29 bits per heavy atom. The van der Waals surface area contributed by atoms with Crippen LogP contribution in [0.15, 0.2) is 16.7 Å². The molecule has 0 unspecified atom stereocenters. The number of rotatable bonds is 2. The Morgan fingerprint density at radius 1 is 1.57 bits per heavy atom. The van der Waals surface area contributed by atoms with E-state index in [0.29, 0.717) is 17.1 Å². The molecular formula is C9H11BrClN3. The second kappa shape index (κ2) is 4.04. The van der Waals surface area contributed by atoms with Crippen LogP contribution in [0.1, 0.15) is 12.8 Å². The quantitative estimate of drug-likeness (QED) is 0.872. The normalized spacial score (nSPS) is 25.6. The molecule has 0 spiro atoms. The smallest absolute Gasteiger partial charge is 0.140 e. The molecule has 14 heavy (non-hydrogen) atoms. The van der Waals surface area contributed by atoms with Crippen LogP contribution in [0.25, 0.3) is 0 Å². The van der Waals surface area contributed by atoms with E-state index >= 15 is 0 Å². The maximum absolute atomic E-state index is 5.78. The Morgan fingerprint density at radius 3 is 2.86 bits per heavy atom. The lowest BCUT2D eigenvalue weighted by Gasteiger charge is -2.33. The van der Waals surface area contributed by atoms with Crippen molar-refractivity contribution in [2.75, 3.05) is 5.32 Å². The van der Waals surface area contributed by atoms with Crippen LogP contribution >= 0.6 is 27.5 Å². The van der Waals surface area contributed by atoms with Crippen LogP contribution in [0.2, 0.25) is 5.02 Å². The minimum absolute atomic E-state index is 0.346. The molecule has 1 heterocycles. The summed E-state index contributed by atoms with van der Waals surface area (Å²) in [5, 5.41) is 3.94. The summed E-state index contributed by atoms with van der Waals surface area (Å²) in [6, 6.07) is 2.63. The summed E-state index contributed by atoms with van der Waals surface area (Å²) in [5.74, 6) is 0.839. The molecule has 1 aromatic rings. The molecular weight excluding hydrogens is 265 g/mol. The average Bonchev–Trinajstić information content (AvgIpc) is 2.06. The van der Waals surface area contributed by atoms with Crippen molar-refractivity contribution in [2.24, 2.45) is 5.73 Å². The van der Waals surface area contributed by atoms with Gasteiger partial charge in [0.15, 0.2) is 0 Å². The molecule has 1 fully saturated rings. The Kier molecular flexibility index (Phi) is 2.95. The van der Waals surface area contributed by atoms with Crippen LogP contribution in [0.3, 0.4) is 0 Å². The zero-order chi connectivity index (χ0) is 10.1. The Bertz CT molecular complexity index is 339. The van der Waals surface area contributed by atoms with E-state index in [9.17, 15) is 0 Å². The molecule has 3 nitrogen and oxygen atoms in total. The third-order valence-electron chi connectivity index (χ3n) is 2.32. The van der Waals surface area contributed by atoms with Crippen LogP contribution < -0.4 is 11.1 Å². The molecule has 1 saturated carbocycles. The van der Waals surface area contributed by atoms with Gasteiger partial charge in [-0.05, 0) is 34.8 Å². The topological polar surface area (TPSA) is 50.9 Å². The molecule has 0 aliphatic heterocycles. The van der Waals surface area contributed by atoms with Gasteiger partial charge in [-0.25, -0.2) is 4.98 Å². The molecule has 0 saturated heterocycles. The summed E-state index contributed by atoms with van der Waals surface area (Å²) in [4.78, 5) is 4.19. The van der Waals surface area contributed by atoms with Gasteiger partial charge in [-0.3, -0.25) is 0 Å². The van der Waals surface area contributed by atoms with Crippen molar-refractivity contribution in [2.45, 2.75) is 24.9 Å². The number of hydrogen-bond acceptors (Lipinski definition) is 3. The molecule has 0 amide bonds. The largest absolute Gasteiger partial charge is 0.366 e. The minimum Gasteiger partial charge on any atom is -0.366 e. The Hall–Kier alpha value is -0.320. The van der Waals surface area contributed by atoms with Crippen LogP contribution in [0.5, 0.6) is 0 Å². The predicted octanol–water partition coefficient (Wildman–Crippen LogP) is 2.40. The molecule has 0 atom stereocenters. The zero-order valence-electron chi connectivity index (χ0n) is 7.50. The van der Waals surface area contributed by atoms with E-state index in [-0.39, 0.29) is 0 Å². The van der Waals surface area contributed by atoms with Gasteiger partial charge in [-0.2, -0.15) is 0 Å². The summed E-state index contributed by atoms with van der Waals surface area (Å²) in [7, 11) is 0.